The van der Waals surface area contributed by atoms with Crippen LogP contribution in [0.5, 0.6) is 0 Å². The minimum atomic E-state index is -0.393. The van der Waals surface area contributed by atoms with E-state index in [1.54, 1.807) is 48.5 Å². The Morgan fingerprint density at radius 3 is 2.30 bits per heavy atom. The molecule has 0 fully saturated rings. The molecule has 0 aliphatic rings. The van der Waals surface area contributed by atoms with Crippen molar-refractivity contribution < 1.29 is 19.1 Å². The van der Waals surface area contributed by atoms with Crippen LogP contribution in [0.25, 0.3) is 0 Å². The van der Waals surface area contributed by atoms with Gasteiger partial charge in [0.2, 0.25) is 5.91 Å². The summed E-state index contributed by atoms with van der Waals surface area (Å²) in [4.78, 5) is 36.0. The van der Waals surface area contributed by atoms with Crippen molar-refractivity contribution in [3.63, 3.8) is 0 Å². The van der Waals surface area contributed by atoms with Gasteiger partial charge in [-0.1, -0.05) is 24.3 Å². The summed E-state index contributed by atoms with van der Waals surface area (Å²) >= 11 is 0. The number of nitrogens with one attached hydrogen (secondary N) is 2. The number of rotatable bonds is 7. The number of carbonyl (C=O) groups is 3. The molecule has 0 spiro atoms. The van der Waals surface area contributed by atoms with Crippen molar-refractivity contribution in [3.8, 4) is 0 Å². The third kappa shape index (κ3) is 5.95. The highest BCUT2D eigenvalue weighted by atomic mass is 16.5. The van der Waals surface area contributed by atoms with Crippen molar-refractivity contribution in [3.05, 3.63) is 65.2 Å². The summed E-state index contributed by atoms with van der Waals surface area (Å²) in [7, 11) is 1.33. The minimum Gasteiger partial charge on any atom is -0.465 e. The Balaban J connectivity index is 1.96. The number of esters is 1. The lowest BCUT2D eigenvalue weighted by Crippen LogP contribution is -2.31. The lowest BCUT2D eigenvalue weighted by atomic mass is 10.1. The predicted octanol–water partition coefficient (Wildman–Crippen LogP) is 3.18. The highest BCUT2D eigenvalue weighted by molar-refractivity contribution is 6.03. The normalized spacial score (nSPS) is 10.4. The summed E-state index contributed by atoms with van der Waals surface area (Å²) in [5.74, 6) is -0.799. The molecule has 2 aromatic carbocycles. The van der Waals surface area contributed by atoms with E-state index in [-0.39, 0.29) is 24.3 Å². The molecule has 0 unspecified atom stereocenters. The number of aryl methyl sites for hydroxylation is 1. The Bertz CT molecular complexity index is 813. The van der Waals surface area contributed by atoms with Gasteiger partial charge in [-0.05, 0) is 50.1 Å². The first kappa shape index (κ1) is 20.2. The van der Waals surface area contributed by atoms with Gasteiger partial charge >= 0.3 is 5.97 Å². The minimum absolute atomic E-state index is 0.00854. The molecule has 142 valence electrons. The van der Waals surface area contributed by atoms with Gasteiger partial charge in [0, 0.05) is 12.5 Å². The SMILES string of the molecule is COC(=O)c1ccc(CCC(=O)Nc2ccccc2C(=O)NC(C)C)cc1. The van der Waals surface area contributed by atoms with Gasteiger partial charge in [0.15, 0.2) is 0 Å². The average molecular weight is 368 g/mol. The van der Waals surface area contributed by atoms with E-state index < -0.39 is 5.97 Å². The molecule has 0 heterocycles. The molecule has 0 saturated heterocycles. The molecule has 0 bridgehead atoms. The zero-order valence-corrected chi connectivity index (χ0v) is 15.7. The predicted molar refractivity (Wildman–Crippen MR) is 104 cm³/mol. The summed E-state index contributed by atoms with van der Waals surface area (Å²) in [5.41, 5.74) is 2.32. The van der Waals surface area contributed by atoms with Crippen LogP contribution in [0.3, 0.4) is 0 Å². The number of anilines is 1. The van der Waals surface area contributed by atoms with Gasteiger partial charge in [0.05, 0.1) is 23.9 Å². The zero-order valence-electron chi connectivity index (χ0n) is 15.7. The van der Waals surface area contributed by atoms with E-state index in [1.165, 1.54) is 7.11 Å². The van der Waals surface area contributed by atoms with Crippen molar-refractivity contribution in [2.45, 2.75) is 32.7 Å². The number of para-hydroxylation sites is 1. The molecule has 6 nitrogen and oxygen atoms in total. The Kier molecular flexibility index (Phi) is 7.11. The van der Waals surface area contributed by atoms with Gasteiger partial charge in [0.25, 0.3) is 5.91 Å². The van der Waals surface area contributed by atoms with E-state index in [4.69, 9.17) is 0 Å². The maximum absolute atomic E-state index is 12.3. The number of hydrogen-bond acceptors (Lipinski definition) is 4. The van der Waals surface area contributed by atoms with Gasteiger partial charge in [-0.2, -0.15) is 0 Å². The van der Waals surface area contributed by atoms with Crippen LogP contribution in [0, 0.1) is 0 Å². The van der Waals surface area contributed by atoms with Gasteiger partial charge in [-0.15, -0.1) is 0 Å². The van der Waals surface area contributed by atoms with E-state index in [0.717, 1.165) is 5.56 Å². The molecule has 2 amide bonds. The standard InChI is InChI=1S/C21H24N2O4/c1-14(2)22-20(25)17-6-4-5-7-18(17)23-19(24)13-10-15-8-11-16(12-9-15)21(26)27-3/h4-9,11-12,14H,10,13H2,1-3H3,(H,22,25)(H,23,24). The Morgan fingerprint density at radius 2 is 1.67 bits per heavy atom. The Morgan fingerprint density at radius 1 is 1.00 bits per heavy atom. The van der Waals surface area contributed by atoms with E-state index in [0.29, 0.717) is 23.2 Å². The number of ether oxygens (including phenoxy) is 1. The van der Waals surface area contributed by atoms with Crippen LogP contribution in [0.4, 0.5) is 5.69 Å². The van der Waals surface area contributed by atoms with Gasteiger partial charge in [-0.3, -0.25) is 9.59 Å². The number of amides is 2. The lowest BCUT2D eigenvalue weighted by molar-refractivity contribution is -0.116. The quantitative estimate of drug-likeness (QED) is 0.735. The molecular weight excluding hydrogens is 344 g/mol. The molecule has 2 aromatic rings. The largest absolute Gasteiger partial charge is 0.465 e. The highest BCUT2D eigenvalue weighted by Crippen LogP contribution is 2.16. The summed E-state index contributed by atoms with van der Waals surface area (Å²) in [6.07, 6.45) is 0.783. The molecule has 0 aromatic heterocycles. The lowest BCUT2D eigenvalue weighted by Gasteiger charge is -2.13. The summed E-state index contributed by atoms with van der Waals surface area (Å²) in [6.45, 7) is 3.76. The van der Waals surface area contributed by atoms with Crippen molar-refractivity contribution in [2.75, 3.05) is 12.4 Å². The third-order valence-electron chi connectivity index (χ3n) is 3.88. The maximum Gasteiger partial charge on any atom is 0.337 e. The first-order valence-corrected chi connectivity index (χ1v) is 8.77. The number of benzene rings is 2. The van der Waals surface area contributed by atoms with Crippen LogP contribution in [0.2, 0.25) is 0 Å². The van der Waals surface area contributed by atoms with Crippen LogP contribution in [-0.2, 0) is 16.0 Å². The highest BCUT2D eigenvalue weighted by Gasteiger charge is 2.14. The molecule has 0 aliphatic carbocycles. The summed E-state index contributed by atoms with van der Waals surface area (Å²) in [5, 5.41) is 5.62. The van der Waals surface area contributed by atoms with Crippen molar-refractivity contribution in [1.29, 1.82) is 0 Å². The monoisotopic (exact) mass is 368 g/mol. The van der Waals surface area contributed by atoms with Crippen molar-refractivity contribution in [2.24, 2.45) is 0 Å². The molecule has 2 N–H and O–H groups in total. The van der Waals surface area contributed by atoms with Gasteiger partial charge < -0.3 is 15.4 Å². The number of methoxy groups -OCH3 is 1. The van der Waals surface area contributed by atoms with E-state index in [2.05, 4.69) is 15.4 Å². The maximum atomic E-state index is 12.3. The summed E-state index contributed by atoms with van der Waals surface area (Å²) in [6, 6.07) is 13.9. The molecule has 0 radical (unpaired) electrons. The number of hydrogen-bond donors (Lipinski definition) is 2. The molecule has 27 heavy (non-hydrogen) atoms. The van der Waals surface area contributed by atoms with Crippen LogP contribution in [0.15, 0.2) is 48.5 Å². The fourth-order valence-electron chi connectivity index (χ4n) is 2.53. The van der Waals surface area contributed by atoms with E-state index in [9.17, 15) is 14.4 Å². The second kappa shape index (κ2) is 9.52. The second-order valence-electron chi connectivity index (χ2n) is 6.41. The van der Waals surface area contributed by atoms with E-state index in [1.807, 2.05) is 13.8 Å². The topological polar surface area (TPSA) is 84.5 Å². The van der Waals surface area contributed by atoms with E-state index >= 15 is 0 Å². The van der Waals surface area contributed by atoms with Crippen LogP contribution < -0.4 is 10.6 Å². The van der Waals surface area contributed by atoms with Gasteiger partial charge in [0.1, 0.15) is 0 Å². The second-order valence-corrected chi connectivity index (χ2v) is 6.41. The van der Waals surface area contributed by atoms with Crippen molar-refractivity contribution in [1.82, 2.24) is 5.32 Å². The molecule has 0 aliphatic heterocycles. The Hall–Kier alpha value is -3.15. The first-order chi connectivity index (χ1) is 12.9. The fourth-order valence-corrected chi connectivity index (χ4v) is 2.53. The average Bonchev–Trinajstić information content (AvgIpc) is 2.66. The summed E-state index contributed by atoms with van der Waals surface area (Å²) < 4.78 is 4.66. The smallest absolute Gasteiger partial charge is 0.337 e. The van der Waals surface area contributed by atoms with Crippen molar-refractivity contribution >= 4 is 23.5 Å². The van der Waals surface area contributed by atoms with Crippen LogP contribution in [0.1, 0.15) is 46.5 Å². The van der Waals surface area contributed by atoms with Crippen LogP contribution >= 0.6 is 0 Å². The Labute approximate surface area is 158 Å². The fraction of sp³-hybridized carbons (Fsp3) is 0.286. The van der Waals surface area contributed by atoms with Crippen LogP contribution in [-0.4, -0.2) is 30.9 Å². The molecule has 6 heteroatoms. The van der Waals surface area contributed by atoms with Gasteiger partial charge in [-0.25, -0.2) is 4.79 Å². The molecular formula is C21H24N2O4. The first-order valence-electron chi connectivity index (χ1n) is 8.77. The number of carbonyl (C=O) groups excluding carboxylic acids is 3. The third-order valence-corrected chi connectivity index (χ3v) is 3.88. The zero-order chi connectivity index (χ0) is 19.8. The molecule has 0 atom stereocenters. The molecule has 0 saturated carbocycles. The molecule has 2 rings (SSSR count).